The van der Waals surface area contributed by atoms with Gasteiger partial charge in [-0.25, -0.2) is 4.79 Å². The van der Waals surface area contributed by atoms with Crippen molar-refractivity contribution in [3.05, 3.63) is 29.8 Å². The maximum Gasteiger partial charge on any atom is 0.337 e. The van der Waals surface area contributed by atoms with Gasteiger partial charge in [-0.3, -0.25) is 9.52 Å². The van der Waals surface area contributed by atoms with Gasteiger partial charge in [-0.2, -0.15) is 0 Å². The summed E-state index contributed by atoms with van der Waals surface area (Å²) in [7, 11) is 1.30. The van der Waals surface area contributed by atoms with Crippen LogP contribution in [0.25, 0.3) is 0 Å². The Balaban J connectivity index is 2.79. The van der Waals surface area contributed by atoms with E-state index >= 15 is 0 Å². The van der Waals surface area contributed by atoms with Crippen LogP contribution in [0.1, 0.15) is 17.3 Å². The minimum Gasteiger partial charge on any atom is -0.481 e. The number of nitrogens with one attached hydrogen (secondary N) is 1. The quantitative estimate of drug-likeness (QED) is 0.627. The van der Waals surface area contributed by atoms with Crippen molar-refractivity contribution in [3.8, 4) is 5.75 Å². The van der Waals surface area contributed by atoms with Gasteiger partial charge in [0.15, 0.2) is 6.10 Å². The molecule has 0 saturated heterocycles. The van der Waals surface area contributed by atoms with E-state index in [-0.39, 0.29) is 5.91 Å². The van der Waals surface area contributed by atoms with Crippen LogP contribution in [0.5, 0.6) is 5.75 Å². The highest BCUT2D eigenvalue weighted by molar-refractivity contribution is 7.78. The monoisotopic (exact) mass is 255 g/mol. The molecule has 1 unspecified atom stereocenters. The predicted octanol–water partition coefficient (Wildman–Crippen LogP) is 1.20. The summed E-state index contributed by atoms with van der Waals surface area (Å²) in [4.78, 5) is 22.5. The summed E-state index contributed by atoms with van der Waals surface area (Å²) < 4.78 is 12.1. The molecular weight excluding hydrogens is 242 g/mol. The number of amides is 1. The summed E-state index contributed by atoms with van der Waals surface area (Å²) >= 11 is 3.64. The van der Waals surface area contributed by atoms with Gasteiger partial charge in [0.05, 0.1) is 12.7 Å². The zero-order valence-corrected chi connectivity index (χ0v) is 10.4. The second-order valence-corrected chi connectivity index (χ2v) is 3.48. The van der Waals surface area contributed by atoms with Crippen LogP contribution >= 0.6 is 12.8 Å². The van der Waals surface area contributed by atoms with E-state index < -0.39 is 12.1 Å². The first kappa shape index (κ1) is 13.4. The number of methoxy groups -OCH3 is 1. The molecule has 0 aliphatic carbocycles. The van der Waals surface area contributed by atoms with Crippen LogP contribution in [0.4, 0.5) is 0 Å². The largest absolute Gasteiger partial charge is 0.481 e. The van der Waals surface area contributed by atoms with Crippen molar-refractivity contribution in [2.24, 2.45) is 0 Å². The molecule has 0 aliphatic rings. The van der Waals surface area contributed by atoms with Crippen molar-refractivity contribution in [1.82, 2.24) is 4.72 Å². The molecule has 0 aliphatic heterocycles. The molecule has 5 nitrogen and oxygen atoms in total. The Morgan fingerprint density at radius 3 is 2.71 bits per heavy atom. The van der Waals surface area contributed by atoms with Gasteiger partial charge in [0, 0.05) is 0 Å². The molecule has 0 spiro atoms. The van der Waals surface area contributed by atoms with E-state index in [2.05, 4.69) is 22.3 Å². The Morgan fingerprint density at radius 2 is 2.12 bits per heavy atom. The van der Waals surface area contributed by atoms with Crippen molar-refractivity contribution in [2.75, 3.05) is 7.11 Å². The highest BCUT2D eigenvalue weighted by atomic mass is 32.1. The number of benzene rings is 1. The summed E-state index contributed by atoms with van der Waals surface area (Å²) in [6, 6.07) is 6.40. The average Bonchev–Trinajstić information content (AvgIpc) is 2.37. The molecule has 1 aromatic carbocycles. The van der Waals surface area contributed by atoms with E-state index in [0.717, 1.165) is 0 Å². The number of hydrogen-bond acceptors (Lipinski definition) is 5. The van der Waals surface area contributed by atoms with Crippen LogP contribution in [0.2, 0.25) is 0 Å². The minimum absolute atomic E-state index is 0.364. The molecule has 17 heavy (non-hydrogen) atoms. The van der Waals surface area contributed by atoms with Crippen molar-refractivity contribution in [2.45, 2.75) is 13.0 Å². The smallest absolute Gasteiger partial charge is 0.337 e. The standard InChI is InChI=1S/C11H13NO4S/c1-7(10(13)12-17)16-9-5-3-4-8(6-9)11(14)15-2/h3-7,17H,1-2H3,(H,12,13). The molecule has 6 heteroatoms. The summed E-state index contributed by atoms with van der Waals surface area (Å²) in [5.41, 5.74) is 0.364. The molecule has 0 aromatic heterocycles. The van der Waals surface area contributed by atoms with Crippen LogP contribution in [0.15, 0.2) is 24.3 Å². The van der Waals surface area contributed by atoms with Crippen LogP contribution < -0.4 is 9.46 Å². The Hall–Kier alpha value is -1.69. The maximum atomic E-state index is 11.3. The van der Waals surface area contributed by atoms with Gasteiger partial charge in [-0.15, -0.1) is 0 Å². The molecule has 1 atom stereocenters. The van der Waals surface area contributed by atoms with E-state index in [1.807, 2.05) is 0 Å². The SMILES string of the molecule is COC(=O)c1cccc(OC(C)C(=O)NS)c1. The Bertz CT molecular complexity index is 422. The first-order chi connectivity index (χ1) is 8.08. The first-order valence-corrected chi connectivity index (χ1v) is 5.32. The van der Waals surface area contributed by atoms with E-state index in [1.54, 1.807) is 25.1 Å². The molecule has 1 N–H and O–H groups in total. The van der Waals surface area contributed by atoms with Crippen molar-refractivity contribution in [3.63, 3.8) is 0 Å². The van der Waals surface area contributed by atoms with Gasteiger partial charge in [0.2, 0.25) is 0 Å². The van der Waals surface area contributed by atoms with Gasteiger partial charge >= 0.3 is 5.97 Å². The third kappa shape index (κ3) is 3.67. The fraction of sp³-hybridized carbons (Fsp3) is 0.273. The Morgan fingerprint density at radius 1 is 1.41 bits per heavy atom. The van der Waals surface area contributed by atoms with Gasteiger partial charge in [-0.1, -0.05) is 18.9 Å². The number of carbonyl (C=O) groups is 2. The average molecular weight is 255 g/mol. The van der Waals surface area contributed by atoms with Crippen molar-refractivity contribution >= 4 is 24.7 Å². The van der Waals surface area contributed by atoms with Crippen LogP contribution in [0, 0.1) is 0 Å². The molecule has 1 rings (SSSR count). The third-order valence-electron chi connectivity index (χ3n) is 2.05. The zero-order chi connectivity index (χ0) is 12.8. The molecule has 0 heterocycles. The summed E-state index contributed by atoms with van der Waals surface area (Å²) in [5.74, 6) is -0.407. The normalized spacial score (nSPS) is 11.5. The third-order valence-corrected chi connectivity index (χ3v) is 2.27. The maximum absolute atomic E-state index is 11.3. The van der Waals surface area contributed by atoms with Gasteiger partial charge in [0.1, 0.15) is 5.75 Å². The van der Waals surface area contributed by atoms with Crippen LogP contribution in [-0.4, -0.2) is 25.1 Å². The van der Waals surface area contributed by atoms with E-state index in [4.69, 9.17) is 4.74 Å². The summed E-state index contributed by atoms with van der Waals surface area (Å²) in [6.45, 7) is 1.58. The molecule has 0 bridgehead atoms. The number of carbonyl (C=O) groups excluding carboxylic acids is 2. The highest BCUT2D eigenvalue weighted by Gasteiger charge is 2.14. The molecule has 1 aromatic rings. The lowest BCUT2D eigenvalue weighted by molar-refractivity contribution is -0.125. The molecule has 0 radical (unpaired) electrons. The second-order valence-electron chi connectivity index (χ2n) is 3.26. The fourth-order valence-corrected chi connectivity index (χ4v) is 1.34. The lowest BCUT2D eigenvalue weighted by Gasteiger charge is -2.13. The topological polar surface area (TPSA) is 64.6 Å². The summed E-state index contributed by atoms with van der Waals surface area (Å²) in [6.07, 6.45) is -0.694. The summed E-state index contributed by atoms with van der Waals surface area (Å²) in [5, 5.41) is 0. The van der Waals surface area contributed by atoms with Crippen molar-refractivity contribution in [1.29, 1.82) is 0 Å². The number of hydrogen-bond donors (Lipinski definition) is 2. The van der Waals surface area contributed by atoms with Crippen LogP contribution in [0.3, 0.4) is 0 Å². The number of rotatable bonds is 4. The van der Waals surface area contributed by atoms with Gasteiger partial charge in [0.25, 0.3) is 5.91 Å². The zero-order valence-electron chi connectivity index (χ0n) is 9.47. The van der Waals surface area contributed by atoms with E-state index in [0.29, 0.717) is 11.3 Å². The minimum atomic E-state index is -0.694. The molecular formula is C11H13NO4S. The first-order valence-electron chi connectivity index (χ1n) is 4.87. The fourth-order valence-electron chi connectivity index (χ4n) is 1.16. The van der Waals surface area contributed by atoms with E-state index in [1.165, 1.54) is 13.2 Å². The highest BCUT2D eigenvalue weighted by Crippen LogP contribution is 2.15. The van der Waals surface area contributed by atoms with Gasteiger partial charge < -0.3 is 9.47 Å². The number of ether oxygens (including phenoxy) is 2. The molecule has 0 saturated carbocycles. The Labute approximate surface area is 105 Å². The number of thiol groups is 1. The lowest BCUT2D eigenvalue weighted by Crippen LogP contribution is -2.31. The lowest BCUT2D eigenvalue weighted by atomic mass is 10.2. The second kappa shape index (κ2) is 6.15. The number of esters is 1. The van der Waals surface area contributed by atoms with Crippen LogP contribution in [-0.2, 0) is 9.53 Å². The molecule has 92 valence electrons. The van der Waals surface area contributed by atoms with Crippen molar-refractivity contribution < 1.29 is 19.1 Å². The molecule has 1 amide bonds. The predicted molar refractivity (Wildman–Crippen MR) is 65.0 cm³/mol. The van der Waals surface area contributed by atoms with Gasteiger partial charge in [-0.05, 0) is 25.1 Å². The van der Waals surface area contributed by atoms with E-state index in [9.17, 15) is 9.59 Å². The Kier molecular flexibility index (Phi) is 4.84. The molecule has 0 fully saturated rings.